The lowest BCUT2D eigenvalue weighted by Gasteiger charge is -2.23. The van der Waals surface area contributed by atoms with Crippen LogP contribution < -0.4 is 0 Å². The van der Waals surface area contributed by atoms with Gasteiger partial charge in [-0.25, -0.2) is 0 Å². The highest BCUT2D eigenvalue weighted by atomic mass is 16.6. The lowest BCUT2D eigenvalue weighted by molar-refractivity contribution is 0.214. The van der Waals surface area contributed by atoms with E-state index in [1.807, 2.05) is 24.3 Å². The molecule has 0 saturated carbocycles. The fourth-order valence-corrected chi connectivity index (χ4v) is 3.20. The summed E-state index contributed by atoms with van der Waals surface area (Å²) in [6.45, 7) is 0. The molecule has 0 bridgehead atoms. The third-order valence-electron chi connectivity index (χ3n) is 4.24. The van der Waals surface area contributed by atoms with Crippen molar-refractivity contribution in [2.24, 2.45) is 5.16 Å². The normalized spacial score (nSPS) is 15.9. The highest BCUT2D eigenvalue weighted by Crippen LogP contribution is 2.40. The van der Waals surface area contributed by atoms with Crippen molar-refractivity contribution < 1.29 is 4.84 Å². The predicted molar refractivity (Wildman–Crippen MR) is 99.7 cm³/mol. The second-order valence-electron chi connectivity index (χ2n) is 5.68. The Morgan fingerprint density at radius 1 is 0.667 bits per heavy atom. The van der Waals surface area contributed by atoms with Gasteiger partial charge in [0.25, 0.3) is 0 Å². The van der Waals surface area contributed by atoms with E-state index in [-0.39, 0.29) is 0 Å². The van der Waals surface area contributed by atoms with E-state index in [1.165, 1.54) is 16.7 Å². The number of allylic oxidation sites excluding steroid dienone is 1. The van der Waals surface area contributed by atoms with Crippen molar-refractivity contribution in [2.45, 2.75) is 0 Å². The molecule has 3 aromatic rings. The van der Waals surface area contributed by atoms with Crippen LogP contribution in [0.5, 0.6) is 0 Å². The molecule has 116 valence electrons. The first kappa shape index (κ1) is 14.5. The molecular formula is C22H17NO. The summed E-state index contributed by atoms with van der Waals surface area (Å²) in [5.74, 6) is 0. The van der Waals surface area contributed by atoms with E-state index in [0.29, 0.717) is 0 Å². The zero-order valence-corrected chi connectivity index (χ0v) is 13.4. The highest BCUT2D eigenvalue weighted by molar-refractivity contribution is 6.39. The lowest BCUT2D eigenvalue weighted by Crippen LogP contribution is -2.13. The van der Waals surface area contributed by atoms with Crippen LogP contribution in [0.3, 0.4) is 0 Å². The van der Waals surface area contributed by atoms with Crippen LogP contribution >= 0.6 is 0 Å². The van der Waals surface area contributed by atoms with E-state index in [1.54, 1.807) is 7.11 Å². The van der Waals surface area contributed by atoms with Crippen molar-refractivity contribution in [3.63, 3.8) is 0 Å². The first-order valence-electron chi connectivity index (χ1n) is 7.96. The molecule has 0 aromatic heterocycles. The van der Waals surface area contributed by atoms with Crippen molar-refractivity contribution in [1.29, 1.82) is 0 Å². The monoisotopic (exact) mass is 311 g/mol. The summed E-state index contributed by atoms with van der Waals surface area (Å²) < 4.78 is 0. The molecule has 24 heavy (non-hydrogen) atoms. The maximum atomic E-state index is 5.17. The van der Waals surface area contributed by atoms with E-state index in [4.69, 9.17) is 4.84 Å². The molecule has 0 fully saturated rings. The van der Waals surface area contributed by atoms with Gasteiger partial charge in [-0.2, -0.15) is 0 Å². The molecule has 0 saturated heterocycles. The van der Waals surface area contributed by atoms with Gasteiger partial charge < -0.3 is 4.84 Å². The summed E-state index contributed by atoms with van der Waals surface area (Å²) in [5, 5.41) is 4.35. The minimum Gasteiger partial charge on any atom is -0.399 e. The van der Waals surface area contributed by atoms with Gasteiger partial charge >= 0.3 is 0 Å². The smallest absolute Gasteiger partial charge is 0.118 e. The molecule has 2 nitrogen and oxygen atoms in total. The Labute approximate surface area is 141 Å². The van der Waals surface area contributed by atoms with Gasteiger partial charge in [0.1, 0.15) is 12.8 Å². The number of nitrogens with zero attached hydrogens (tertiary/aromatic N) is 1. The summed E-state index contributed by atoms with van der Waals surface area (Å²) in [5.41, 5.74) is 7.79. The number of hydrogen-bond acceptors (Lipinski definition) is 2. The molecule has 4 rings (SSSR count). The third kappa shape index (κ3) is 2.42. The van der Waals surface area contributed by atoms with Gasteiger partial charge in [0.05, 0.1) is 0 Å². The van der Waals surface area contributed by atoms with Gasteiger partial charge in [-0.15, -0.1) is 0 Å². The Morgan fingerprint density at radius 2 is 1.21 bits per heavy atom. The minimum absolute atomic E-state index is 0.871. The predicted octanol–water partition coefficient (Wildman–Crippen LogP) is 5.26. The largest absolute Gasteiger partial charge is 0.399 e. The zero-order chi connectivity index (χ0) is 16.4. The van der Waals surface area contributed by atoms with Crippen LogP contribution in [-0.4, -0.2) is 12.8 Å². The van der Waals surface area contributed by atoms with Crippen LogP contribution in [0.25, 0.3) is 22.8 Å². The Balaban J connectivity index is 2.02. The first-order valence-corrected chi connectivity index (χ1v) is 7.96. The van der Waals surface area contributed by atoms with Crippen molar-refractivity contribution in [2.75, 3.05) is 7.11 Å². The molecule has 3 aromatic carbocycles. The Morgan fingerprint density at radius 3 is 1.88 bits per heavy atom. The molecule has 0 spiro atoms. The van der Waals surface area contributed by atoms with Gasteiger partial charge in [0, 0.05) is 11.1 Å². The fraction of sp³-hybridized carbons (Fsp3) is 0.0455. The van der Waals surface area contributed by atoms with Crippen LogP contribution in [0, 0.1) is 0 Å². The Hall–Kier alpha value is -3.13. The van der Waals surface area contributed by atoms with Crippen molar-refractivity contribution in [3.8, 4) is 11.1 Å². The quantitative estimate of drug-likeness (QED) is 0.592. The zero-order valence-electron chi connectivity index (χ0n) is 13.4. The average Bonchev–Trinajstić information content (AvgIpc) is 2.65. The van der Waals surface area contributed by atoms with E-state index in [0.717, 1.165) is 22.4 Å². The van der Waals surface area contributed by atoms with Crippen molar-refractivity contribution in [1.82, 2.24) is 0 Å². The first-order chi connectivity index (χ1) is 11.9. The number of oxime groups is 1. The minimum atomic E-state index is 0.871. The van der Waals surface area contributed by atoms with Crippen LogP contribution in [-0.2, 0) is 4.84 Å². The van der Waals surface area contributed by atoms with Crippen LogP contribution in [0.1, 0.15) is 16.7 Å². The molecule has 0 heterocycles. The van der Waals surface area contributed by atoms with Crippen molar-refractivity contribution in [3.05, 3.63) is 95.6 Å². The molecule has 0 unspecified atom stereocenters. The number of hydrogen-bond donors (Lipinski definition) is 0. The van der Waals surface area contributed by atoms with Gasteiger partial charge in [-0.05, 0) is 28.3 Å². The Bertz CT molecular complexity index is 939. The molecule has 0 amide bonds. The third-order valence-corrected chi connectivity index (χ3v) is 4.24. The molecule has 1 aliphatic rings. The van der Waals surface area contributed by atoms with Crippen LogP contribution in [0.2, 0.25) is 0 Å². The van der Waals surface area contributed by atoms with Crippen LogP contribution in [0.15, 0.2) is 84.0 Å². The summed E-state index contributed by atoms with van der Waals surface area (Å²) in [6.07, 6.45) is 2.17. The maximum Gasteiger partial charge on any atom is 0.118 e. The molecule has 2 heteroatoms. The lowest BCUT2D eigenvalue weighted by atomic mass is 9.80. The number of benzene rings is 3. The molecule has 0 N–H and O–H groups in total. The SMILES string of the molecule is CO/N=C1/C(=C/c2ccccc2)c2ccccc2-c2ccccc21. The summed E-state index contributed by atoms with van der Waals surface area (Å²) in [7, 11) is 1.59. The topological polar surface area (TPSA) is 21.6 Å². The number of rotatable bonds is 2. The van der Waals surface area contributed by atoms with Gasteiger partial charge in [-0.1, -0.05) is 84.0 Å². The van der Waals surface area contributed by atoms with Gasteiger partial charge in [0.15, 0.2) is 0 Å². The summed E-state index contributed by atoms with van der Waals surface area (Å²) >= 11 is 0. The average molecular weight is 311 g/mol. The molecule has 0 atom stereocenters. The molecule has 0 aliphatic heterocycles. The maximum absolute atomic E-state index is 5.17. The van der Waals surface area contributed by atoms with Gasteiger partial charge in [-0.3, -0.25) is 0 Å². The van der Waals surface area contributed by atoms with E-state index in [2.05, 4.69) is 65.8 Å². The summed E-state index contributed by atoms with van der Waals surface area (Å²) in [6, 6.07) is 27.1. The standard InChI is InChI=1S/C22H17NO/c1-24-23-22-20-14-8-7-12-18(20)17-11-5-6-13-19(17)21(22)15-16-9-3-2-4-10-16/h2-15H,1H3/b21-15+,23-22+. The highest BCUT2D eigenvalue weighted by Gasteiger charge is 2.25. The number of fused-ring (bicyclic) bond motifs is 3. The second kappa shape index (κ2) is 6.17. The molecule has 0 radical (unpaired) electrons. The van der Waals surface area contributed by atoms with E-state index >= 15 is 0 Å². The van der Waals surface area contributed by atoms with E-state index in [9.17, 15) is 0 Å². The van der Waals surface area contributed by atoms with Gasteiger partial charge in [0.2, 0.25) is 0 Å². The van der Waals surface area contributed by atoms with Crippen molar-refractivity contribution >= 4 is 17.4 Å². The summed E-state index contributed by atoms with van der Waals surface area (Å²) in [4.78, 5) is 5.17. The van der Waals surface area contributed by atoms with E-state index < -0.39 is 0 Å². The van der Waals surface area contributed by atoms with Crippen LogP contribution in [0.4, 0.5) is 0 Å². The fourth-order valence-electron chi connectivity index (χ4n) is 3.20. The molecular weight excluding hydrogens is 294 g/mol. The molecule has 1 aliphatic carbocycles. The second-order valence-corrected chi connectivity index (χ2v) is 5.68. The Kier molecular flexibility index (Phi) is 3.72.